The smallest absolute Gasteiger partial charge is 0.329 e. The fourth-order valence-corrected chi connectivity index (χ4v) is 9.03. The first-order chi connectivity index (χ1) is 26.1. The monoisotopic (exact) mass is 732 g/mol. The van der Waals surface area contributed by atoms with Crippen LogP contribution in [0.15, 0.2) is 58.4 Å². The quantitative estimate of drug-likeness (QED) is 0.237. The van der Waals surface area contributed by atoms with Crippen LogP contribution in [0.3, 0.4) is 0 Å². The van der Waals surface area contributed by atoms with Crippen LogP contribution in [-0.2, 0) is 30.2 Å². The number of nitrogens with one attached hydrogen (secondary N) is 1. The van der Waals surface area contributed by atoms with E-state index in [1.807, 2.05) is 30.5 Å². The van der Waals surface area contributed by atoms with Crippen LogP contribution in [-0.4, -0.2) is 88.9 Å². The molecule has 3 aromatic heterocycles. The molecule has 3 unspecified atom stereocenters. The third kappa shape index (κ3) is 5.53. The number of likely N-dealkylation sites (tertiary alicyclic amines) is 1. The fraction of sp³-hybridized carbons (Fsp3) is 0.425. The Morgan fingerprint density at radius 2 is 1.57 bits per heavy atom. The van der Waals surface area contributed by atoms with Gasteiger partial charge >= 0.3 is 5.69 Å². The molecule has 0 saturated carbocycles. The highest BCUT2D eigenvalue weighted by atomic mass is 16.5. The SMILES string of the molecule is COc1cc(-c2cn(C)c(=O)c3cnc(N4CCC4)cc23)cc(OC)c1CN1CC2CN(c3ccc4c(c3)n(C)c(=O)n4C3CCC(=O)NC3=O)CC2C1. The van der Waals surface area contributed by atoms with Crippen LogP contribution in [0.2, 0.25) is 0 Å². The summed E-state index contributed by atoms with van der Waals surface area (Å²) in [6.45, 7) is 6.27. The summed E-state index contributed by atoms with van der Waals surface area (Å²) in [4.78, 5) is 62.5. The molecule has 14 heteroatoms. The van der Waals surface area contributed by atoms with Gasteiger partial charge in [0.25, 0.3) is 5.56 Å². The zero-order chi connectivity index (χ0) is 37.4. The molecular weight excluding hydrogens is 688 g/mol. The van der Waals surface area contributed by atoms with Crippen LogP contribution < -0.4 is 35.8 Å². The van der Waals surface area contributed by atoms with E-state index in [0.717, 1.165) is 96.3 Å². The lowest BCUT2D eigenvalue weighted by atomic mass is 9.98. The van der Waals surface area contributed by atoms with E-state index in [1.165, 1.54) is 4.57 Å². The van der Waals surface area contributed by atoms with Gasteiger partial charge in [0.05, 0.1) is 36.2 Å². The Balaban J connectivity index is 0.941. The normalized spacial score (nSPS) is 21.5. The number of aromatic nitrogens is 4. The molecule has 2 aromatic carbocycles. The first-order valence-electron chi connectivity index (χ1n) is 18.6. The third-order valence-electron chi connectivity index (χ3n) is 12.1. The maximum atomic E-state index is 13.3. The maximum absolute atomic E-state index is 13.3. The first-order valence-corrected chi connectivity index (χ1v) is 18.6. The van der Waals surface area contributed by atoms with Crippen molar-refractivity contribution in [1.29, 1.82) is 0 Å². The van der Waals surface area contributed by atoms with Crippen molar-refractivity contribution in [2.24, 2.45) is 25.9 Å². The predicted octanol–water partition coefficient (Wildman–Crippen LogP) is 3.03. The van der Waals surface area contributed by atoms with Gasteiger partial charge in [0.2, 0.25) is 11.8 Å². The van der Waals surface area contributed by atoms with Gasteiger partial charge in [-0.1, -0.05) is 0 Å². The molecule has 1 N–H and O–H groups in total. The van der Waals surface area contributed by atoms with Gasteiger partial charge in [0.1, 0.15) is 23.4 Å². The van der Waals surface area contributed by atoms with Gasteiger partial charge in [-0.05, 0) is 66.6 Å². The number of piperidine rings is 1. The summed E-state index contributed by atoms with van der Waals surface area (Å²) in [5, 5.41) is 3.81. The highest BCUT2D eigenvalue weighted by Gasteiger charge is 2.41. The lowest BCUT2D eigenvalue weighted by Gasteiger charge is -2.32. The van der Waals surface area contributed by atoms with Crippen molar-refractivity contribution in [3.8, 4) is 22.6 Å². The van der Waals surface area contributed by atoms with Crippen molar-refractivity contribution in [3.63, 3.8) is 0 Å². The Bertz CT molecular complexity index is 2440. The van der Waals surface area contributed by atoms with Crippen LogP contribution >= 0.6 is 0 Å². The Kier molecular flexibility index (Phi) is 8.25. The largest absolute Gasteiger partial charge is 0.496 e. The summed E-state index contributed by atoms with van der Waals surface area (Å²) < 4.78 is 16.8. The van der Waals surface area contributed by atoms with Gasteiger partial charge in [-0.2, -0.15) is 0 Å². The van der Waals surface area contributed by atoms with E-state index >= 15 is 0 Å². The van der Waals surface area contributed by atoms with Gasteiger partial charge in [-0.25, -0.2) is 9.78 Å². The number of amides is 2. The van der Waals surface area contributed by atoms with Gasteiger partial charge in [-0.3, -0.25) is 33.7 Å². The number of hydrogen-bond donors (Lipinski definition) is 1. The number of imide groups is 1. The van der Waals surface area contributed by atoms with Crippen LogP contribution in [0.1, 0.15) is 30.9 Å². The molecule has 3 atom stereocenters. The molecule has 2 amide bonds. The summed E-state index contributed by atoms with van der Waals surface area (Å²) >= 11 is 0. The molecule has 0 spiro atoms. The van der Waals surface area contributed by atoms with Crippen molar-refractivity contribution in [1.82, 2.24) is 28.9 Å². The minimum absolute atomic E-state index is 0.0832. The number of carbonyl (C=O) groups is 2. The summed E-state index contributed by atoms with van der Waals surface area (Å²) in [6.07, 6.45) is 5.24. The number of pyridine rings is 2. The minimum Gasteiger partial charge on any atom is -0.496 e. The van der Waals surface area contributed by atoms with Crippen LogP contribution in [0.25, 0.3) is 32.9 Å². The Labute approximate surface area is 311 Å². The van der Waals surface area contributed by atoms with E-state index in [4.69, 9.17) is 9.47 Å². The molecule has 5 aromatic rings. The van der Waals surface area contributed by atoms with E-state index in [2.05, 4.69) is 37.1 Å². The highest BCUT2D eigenvalue weighted by Crippen LogP contribution is 2.41. The van der Waals surface area contributed by atoms with E-state index in [9.17, 15) is 19.2 Å². The van der Waals surface area contributed by atoms with Gasteiger partial charge < -0.3 is 23.8 Å². The number of carbonyl (C=O) groups excluding carboxylic acids is 2. The molecule has 4 fully saturated rings. The van der Waals surface area contributed by atoms with Crippen LogP contribution in [0.5, 0.6) is 11.5 Å². The molecule has 0 bridgehead atoms. The lowest BCUT2D eigenvalue weighted by Crippen LogP contribution is -2.44. The van der Waals surface area contributed by atoms with E-state index in [-0.39, 0.29) is 23.6 Å². The number of ether oxygens (including phenoxy) is 2. The zero-order valence-electron chi connectivity index (χ0n) is 31.0. The molecule has 280 valence electrons. The van der Waals surface area contributed by atoms with Crippen molar-refractivity contribution >= 4 is 45.1 Å². The van der Waals surface area contributed by atoms with Gasteiger partial charge in [0.15, 0.2) is 0 Å². The van der Waals surface area contributed by atoms with E-state index in [1.54, 1.807) is 43.6 Å². The number of anilines is 2. The third-order valence-corrected chi connectivity index (χ3v) is 12.1. The number of aryl methyl sites for hydroxylation is 2. The van der Waals surface area contributed by atoms with Crippen molar-refractivity contribution in [3.05, 3.63) is 75.2 Å². The molecular formula is C40H44N8O6. The number of methoxy groups -OCH3 is 2. The molecule has 9 rings (SSSR count). The molecule has 54 heavy (non-hydrogen) atoms. The average molecular weight is 733 g/mol. The highest BCUT2D eigenvalue weighted by molar-refractivity contribution is 6.00. The van der Waals surface area contributed by atoms with Crippen LogP contribution in [0.4, 0.5) is 11.5 Å². The minimum atomic E-state index is -0.704. The maximum Gasteiger partial charge on any atom is 0.329 e. The number of rotatable bonds is 8. The van der Waals surface area contributed by atoms with Crippen molar-refractivity contribution in [2.45, 2.75) is 31.8 Å². The molecule has 4 saturated heterocycles. The van der Waals surface area contributed by atoms with E-state index < -0.39 is 11.9 Å². The summed E-state index contributed by atoms with van der Waals surface area (Å²) in [7, 11) is 6.88. The molecule has 4 aliphatic heterocycles. The fourth-order valence-electron chi connectivity index (χ4n) is 9.03. The lowest BCUT2D eigenvalue weighted by molar-refractivity contribution is -0.135. The first kappa shape index (κ1) is 34.2. The Morgan fingerprint density at radius 1 is 0.852 bits per heavy atom. The average Bonchev–Trinajstić information content (AvgIpc) is 3.79. The Hall–Kier alpha value is -5.63. The number of imidazole rings is 1. The second-order valence-electron chi connectivity index (χ2n) is 15.2. The molecule has 0 aliphatic carbocycles. The zero-order valence-corrected chi connectivity index (χ0v) is 31.0. The second kappa shape index (κ2) is 13.0. The summed E-state index contributed by atoms with van der Waals surface area (Å²) in [6, 6.07) is 11.4. The second-order valence-corrected chi connectivity index (χ2v) is 15.2. The summed E-state index contributed by atoms with van der Waals surface area (Å²) in [5.74, 6) is 2.57. The molecule has 14 nitrogen and oxygen atoms in total. The molecule has 0 radical (unpaired) electrons. The Morgan fingerprint density at radius 3 is 2.22 bits per heavy atom. The van der Waals surface area contributed by atoms with Crippen molar-refractivity contribution in [2.75, 3.05) is 63.3 Å². The topological polar surface area (TPSA) is 136 Å². The number of benzene rings is 2. The van der Waals surface area contributed by atoms with Crippen LogP contribution in [0, 0.1) is 11.8 Å². The van der Waals surface area contributed by atoms with Gasteiger partial charge in [0, 0.05) is 95.4 Å². The molecule has 7 heterocycles. The number of nitrogens with zero attached hydrogens (tertiary/aromatic N) is 7. The standard InChI is InChI=1S/C40H44N8O6/c1-43-21-29(27-15-36(46-10-5-11-46)41-16-28(27)39(43)51)23-12-34(53-3)30(35(13-23)54-4)22-45-17-24-19-47(20-25(24)18-45)26-6-7-31-33(14-26)44(2)40(52)48(31)32-8-9-37(49)42-38(32)50/h6-7,12-16,21,24-25,32H,5,8-11,17-20,22H2,1-4H3,(H,42,49,50). The number of fused-ring (bicyclic) bond motifs is 3. The van der Waals surface area contributed by atoms with Gasteiger partial charge in [-0.15, -0.1) is 0 Å². The van der Waals surface area contributed by atoms with E-state index in [0.29, 0.717) is 35.7 Å². The number of hydrogen-bond acceptors (Lipinski definition) is 10. The van der Waals surface area contributed by atoms with Crippen molar-refractivity contribution < 1.29 is 19.1 Å². The molecule has 4 aliphatic rings. The summed E-state index contributed by atoms with van der Waals surface area (Å²) in [5.41, 5.74) is 4.98. The predicted molar refractivity (Wildman–Crippen MR) is 205 cm³/mol.